The summed E-state index contributed by atoms with van der Waals surface area (Å²) in [4.78, 5) is 28.0. The van der Waals surface area contributed by atoms with Gasteiger partial charge < -0.3 is 20.7 Å². The number of alkyl halides is 6. The van der Waals surface area contributed by atoms with E-state index in [1.54, 1.807) is 6.92 Å². The number of allylic oxidation sites excluding steroid dienone is 1. The van der Waals surface area contributed by atoms with Crippen LogP contribution in [0.3, 0.4) is 0 Å². The summed E-state index contributed by atoms with van der Waals surface area (Å²) in [6.45, 7) is 3.13. The number of halogens is 7. The molecule has 2 aliphatic heterocycles. The van der Waals surface area contributed by atoms with E-state index in [2.05, 4.69) is 26.0 Å². The number of aromatic nitrogens is 2. The fourth-order valence-electron chi connectivity index (χ4n) is 3.93. The number of nitrogens with one attached hydrogen (secondary N) is 3. The van der Waals surface area contributed by atoms with Gasteiger partial charge in [-0.15, -0.1) is 5.10 Å². The Morgan fingerprint density at radius 1 is 1.12 bits per heavy atom. The number of hydrogen-bond donors (Lipinski definition) is 3. The summed E-state index contributed by atoms with van der Waals surface area (Å²) < 4.78 is 99.8. The quantitative estimate of drug-likeness (QED) is 0.449. The van der Waals surface area contributed by atoms with E-state index < -0.39 is 53.4 Å². The number of anilines is 1. The normalized spacial score (nSPS) is 21.5. The number of benzene rings is 1. The number of rotatable bonds is 6. The minimum Gasteiger partial charge on any atom is -0.478 e. The summed E-state index contributed by atoms with van der Waals surface area (Å²) in [7, 11) is 0. The third kappa shape index (κ3) is 5.89. The first-order valence-electron chi connectivity index (χ1n) is 11.8. The highest BCUT2D eigenvalue weighted by molar-refractivity contribution is 6.04. The van der Waals surface area contributed by atoms with Crippen molar-refractivity contribution >= 4 is 29.5 Å². The molecule has 9 nitrogen and oxygen atoms in total. The van der Waals surface area contributed by atoms with Gasteiger partial charge in [0.25, 0.3) is 0 Å². The highest BCUT2D eigenvalue weighted by atomic mass is 19.4. The zero-order valence-electron chi connectivity index (χ0n) is 21.1. The fourth-order valence-corrected chi connectivity index (χ4v) is 3.93. The molecule has 0 radical (unpaired) electrons. The van der Waals surface area contributed by atoms with Crippen LogP contribution in [-0.2, 0) is 9.59 Å². The van der Waals surface area contributed by atoms with Crippen molar-refractivity contribution in [3.63, 3.8) is 0 Å². The lowest BCUT2D eigenvalue weighted by atomic mass is 9.97. The van der Waals surface area contributed by atoms with E-state index in [0.29, 0.717) is 0 Å². The van der Waals surface area contributed by atoms with Crippen molar-refractivity contribution in [2.45, 2.75) is 44.9 Å². The van der Waals surface area contributed by atoms with Crippen molar-refractivity contribution in [3.05, 3.63) is 36.3 Å². The molecule has 1 saturated heterocycles. The average Bonchev–Trinajstić information content (AvgIpc) is 3.40. The SMILES string of the molecule is C[C@H]1C(=O)NC[C@@H]1C(=O)Nc1cc(-c2cc(F)cc(OC(C)(C)C(F)(F)F)c2)n(C2=CNC(C(F)(F)F)N=C2)n1. The Labute approximate surface area is 222 Å². The molecule has 0 bridgehead atoms. The number of hydrogen-bond acceptors (Lipinski definition) is 6. The fraction of sp³-hybridized carbons (Fsp3) is 0.417. The summed E-state index contributed by atoms with van der Waals surface area (Å²) in [5, 5.41) is 11.3. The highest BCUT2D eigenvalue weighted by Gasteiger charge is 2.50. The van der Waals surface area contributed by atoms with Crippen LogP contribution in [0.1, 0.15) is 20.8 Å². The summed E-state index contributed by atoms with van der Waals surface area (Å²) in [6, 6.07) is 4.01. The first-order chi connectivity index (χ1) is 18.5. The van der Waals surface area contributed by atoms with Crippen molar-refractivity contribution in [3.8, 4) is 17.0 Å². The van der Waals surface area contributed by atoms with Crippen LogP contribution in [0, 0.1) is 17.7 Å². The van der Waals surface area contributed by atoms with Crippen molar-refractivity contribution < 1.29 is 45.1 Å². The Balaban J connectivity index is 1.73. The molecule has 2 aromatic rings. The van der Waals surface area contributed by atoms with Gasteiger partial charge in [0.05, 0.1) is 23.5 Å². The molecule has 16 heteroatoms. The maximum absolute atomic E-state index is 14.6. The van der Waals surface area contributed by atoms with Crippen molar-refractivity contribution in [1.82, 2.24) is 20.4 Å². The first kappa shape index (κ1) is 28.9. The second-order valence-corrected chi connectivity index (χ2v) is 9.70. The molecular weight excluding hydrogens is 553 g/mol. The van der Waals surface area contributed by atoms with Crippen LogP contribution in [0.25, 0.3) is 17.0 Å². The minimum atomic E-state index is -4.80. The summed E-state index contributed by atoms with van der Waals surface area (Å²) >= 11 is 0. The molecule has 2 aliphatic rings. The maximum Gasteiger partial charge on any atom is 0.429 e. The zero-order chi connectivity index (χ0) is 29.6. The molecule has 3 atom stereocenters. The Morgan fingerprint density at radius 2 is 1.82 bits per heavy atom. The maximum atomic E-state index is 14.6. The summed E-state index contributed by atoms with van der Waals surface area (Å²) in [5.74, 6) is -3.88. The van der Waals surface area contributed by atoms with Crippen molar-refractivity contribution in [1.29, 1.82) is 0 Å². The molecule has 3 N–H and O–H groups in total. The Kier molecular flexibility index (Phi) is 7.32. The van der Waals surface area contributed by atoms with Gasteiger partial charge in [0, 0.05) is 36.4 Å². The van der Waals surface area contributed by atoms with Crippen molar-refractivity contribution in [2.75, 3.05) is 11.9 Å². The standard InChI is InChI=1S/C24H23F7N6O3/c1-11-16(10-32-19(11)38)20(39)35-18-7-17(37(36-18)14-8-33-21(34-9-14)23(26,27)28)12-4-13(25)6-15(5-12)40-22(2,3)24(29,30)31/h4-9,11,16,21,33H,10H2,1-3H3,(H,32,38)(H,35,36,39)/t11-,16+,21?/m1/s1. The minimum absolute atomic E-state index is 0.0249. The lowest BCUT2D eigenvalue weighted by molar-refractivity contribution is -0.234. The van der Waals surface area contributed by atoms with E-state index in [-0.39, 0.29) is 35.2 Å². The van der Waals surface area contributed by atoms with Gasteiger partial charge in [-0.3, -0.25) is 14.6 Å². The molecule has 1 fully saturated rings. The van der Waals surface area contributed by atoms with Crippen LogP contribution in [0.2, 0.25) is 0 Å². The van der Waals surface area contributed by atoms with Gasteiger partial charge in [0.15, 0.2) is 11.4 Å². The molecule has 1 aromatic heterocycles. The molecule has 40 heavy (non-hydrogen) atoms. The molecule has 1 aromatic carbocycles. The van der Waals surface area contributed by atoms with E-state index in [0.717, 1.165) is 49.1 Å². The smallest absolute Gasteiger partial charge is 0.429 e. The number of carbonyl (C=O) groups is 2. The van der Waals surface area contributed by atoms with Crippen LogP contribution >= 0.6 is 0 Å². The second kappa shape index (κ2) is 10.1. The number of carbonyl (C=O) groups excluding carboxylic acids is 2. The van der Waals surface area contributed by atoms with Gasteiger partial charge in [0.1, 0.15) is 11.6 Å². The van der Waals surface area contributed by atoms with E-state index >= 15 is 0 Å². The van der Waals surface area contributed by atoms with E-state index in [4.69, 9.17) is 4.74 Å². The number of ether oxygens (including phenoxy) is 1. The summed E-state index contributed by atoms with van der Waals surface area (Å²) in [6.07, 6.45) is -9.94. The van der Waals surface area contributed by atoms with Gasteiger partial charge >= 0.3 is 12.4 Å². The van der Waals surface area contributed by atoms with Crippen LogP contribution in [0.5, 0.6) is 5.75 Å². The van der Waals surface area contributed by atoms with Gasteiger partial charge in [-0.25, -0.2) is 9.07 Å². The molecule has 0 spiro atoms. The van der Waals surface area contributed by atoms with Gasteiger partial charge in [0.2, 0.25) is 18.0 Å². The number of amides is 2. The molecule has 3 heterocycles. The lowest BCUT2D eigenvalue weighted by Gasteiger charge is -2.29. The van der Waals surface area contributed by atoms with Gasteiger partial charge in [-0.2, -0.15) is 26.3 Å². The lowest BCUT2D eigenvalue weighted by Crippen LogP contribution is -2.44. The average molecular weight is 576 g/mol. The van der Waals surface area contributed by atoms with Crippen molar-refractivity contribution in [2.24, 2.45) is 16.8 Å². The number of nitrogens with zero attached hydrogens (tertiary/aromatic N) is 3. The molecule has 4 rings (SSSR count). The monoisotopic (exact) mass is 576 g/mol. The van der Waals surface area contributed by atoms with E-state index in [1.165, 1.54) is 6.07 Å². The van der Waals surface area contributed by atoms with E-state index in [1.807, 2.05) is 0 Å². The number of aliphatic imine (C=N–C) groups is 1. The Morgan fingerprint density at radius 3 is 2.38 bits per heavy atom. The Hall–Kier alpha value is -4.11. The van der Waals surface area contributed by atoms with Crippen LogP contribution in [-0.4, -0.2) is 58.5 Å². The van der Waals surface area contributed by atoms with Crippen LogP contribution < -0.4 is 20.7 Å². The predicted molar refractivity (Wildman–Crippen MR) is 128 cm³/mol. The topological polar surface area (TPSA) is 110 Å². The highest BCUT2D eigenvalue weighted by Crippen LogP contribution is 2.37. The predicted octanol–water partition coefficient (Wildman–Crippen LogP) is 4.09. The van der Waals surface area contributed by atoms with Crippen LogP contribution in [0.15, 0.2) is 35.5 Å². The molecule has 0 saturated carbocycles. The van der Waals surface area contributed by atoms with E-state index in [9.17, 15) is 40.3 Å². The molecular formula is C24H23F7N6O3. The third-order valence-corrected chi connectivity index (χ3v) is 6.33. The largest absolute Gasteiger partial charge is 0.478 e. The van der Waals surface area contributed by atoms with Gasteiger partial charge in [-0.05, 0) is 26.0 Å². The van der Waals surface area contributed by atoms with Gasteiger partial charge in [-0.1, -0.05) is 6.92 Å². The second-order valence-electron chi connectivity index (χ2n) is 9.70. The molecule has 216 valence electrons. The molecule has 0 aliphatic carbocycles. The first-order valence-corrected chi connectivity index (χ1v) is 11.8. The molecule has 1 unspecified atom stereocenters. The molecule has 2 amide bonds. The third-order valence-electron chi connectivity index (χ3n) is 6.33. The Bertz CT molecular complexity index is 1380. The van der Waals surface area contributed by atoms with Crippen LogP contribution in [0.4, 0.5) is 36.6 Å². The summed E-state index contributed by atoms with van der Waals surface area (Å²) in [5.41, 5.74) is -2.84. The zero-order valence-corrected chi connectivity index (χ0v) is 21.1.